The summed E-state index contributed by atoms with van der Waals surface area (Å²) in [5.41, 5.74) is 2.12. The van der Waals surface area contributed by atoms with Crippen LogP contribution in [0.4, 0.5) is 4.39 Å². The Kier molecular flexibility index (Phi) is 8.52. The van der Waals surface area contributed by atoms with Gasteiger partial charge in [0.1, 0.15) is 5.82 Å². The Bertz CT molecular complexity index is 370. The van der Waals surface area contributed by atoms with E-state index in [0.717, 1.165) is 18.5 Å². The van der Waals surface area contributed by atoms with Gasteiger partial charge in [0.2, 0.25) is 0 Å². The Balaban J connectivity index is 2.72. The van der Waals surface area contributed by atoms with E-state index in [1.807, 2.05) is 6.07 Å². The average Bonchev–Trinajstić information content (AvgIpc) is 2.45. The molecule has 0 heterocycles. The Morgan fingerprint density at radius 2 is 1.75 bits per heavy atom. The van der Waals surface area contributed by atoms with Crippen LogP contribution >= 0.6 is 0 Å². The number of hydrogen-bond acceptors (Lipinski definition) is 1. The van der Waals surface area contributed by atoms with Gasteiger partial charge in [-0.05, 0) is 43.4 Å². The standard InChI is InChI=1S/C18H30FN/c1-4-7-12-20-14-17-13-16(10-11-18(17)19)15(8-5-2)9-6-3/h10-11,13,15,20H,4-9,12,14H2,1-3H3. The Morgan fingerprint density at radius 1 is 1.05 bits per heavy atom. The van der Waals surface area contributed by atoms with Crippen molar-refractivity contribution in [3.8, 4) is 0 Å². The van der Waals surface area contributed by atoms with Crippen LogP contribution < -0.4 is 5.32 Å². The second-order valence-electron chi connectivity index (χ2n) is 5.66. The molecule has 0 bridgehead atoms. The van der Waals surface area contributed by atoms with Gasteiger partial charge < -0.3 is 5.32 Å². The highest BCUT2D eigenvalue weighted by Crippen LogP contribution is 2.27. The van der Waals surface area contributed by atoms with Gasteiger partial charge in [-0.3, -0.25) is 0 Å². The van der Waals surface area contributed by atoms with Gasteiger partial charge in [-0.15, -0.1) is 0 Å². The van der Waals surface area contributed by atoms with Crippen molar-refractivity contribution in [2.45, 2.75) is 71.8 Å². The summed E-state index contributed by atoms with van der Waals surface area (Å²) in [6.07, 6.45) is 7.09. The molecule has 2 heteroatoms. The zero-order valence-corrected chi connectivity index (χ0v) is 13.3. The number of rotatable bonds is 10. The van der Waals surface area contributed by atoms with Gasteiger partial charge in [0.15, 0.2) is 0 Å². The molecule has 114 valence electrons. The second kappa shape index (κ2) is 9.93. The smallest absolute Gasteiger partial charge is 0.127 e. The van der Waals surface area contributed by atoms with E-state index >= 15 is 0 Å². The Morgan fingerprint density at radius 3 is 2.35 bits per heavy atom. The third kappa shape index (κ3) is 5.62. The largest absolute Gasteiger partial charge is 0.313 e. The Hall–Kier alpha value is -0.890. The molecule has 0 fully saturated rings. The number of nitrogens with one attached hydrogen (secondary N) is 1. The van der Waals surface area contributed by atoms with E-state index in [2.05, 4.69) is 32.2 Å². The number of halogens is 1. The molecule has 0 radical (unpaired) electrons. The zero-order chi connectivity index (χ0) is 14.8. The number of hydrogen-bond donors (Lipinski definition) is 1. The van der Waals surface area contributed by atoms with E-state index < -0.39 is 0 Å². The van der Waals surface area contributed by atoms with Gasteiger partial charge in [0.25, 0.3) is 0 Å². The van der Waals surface area contributed by atoms with E-state index in [1.165, 1.54) is 37.7 Å². The van der Waals surface area contributed by atoms with Crippen molar-refractivity contribution < 1.29 is 4.39 Å². The fourth-order valence-electron chi connectivity index (χ4n) is 2.68. The van der Waals surface area contributed by atoms with Gasteiger partial charge in [0.05, 0.1) is 0 Å². The van der Waals surface area contributed by atoms with Crippen LogP contribution in [0.25, 0.3) is 0 Å². The van der Waals surface area contributed by atoms with Crippen molar-refractivity contribution in [1.29, 1.82) is 0 Å². The molecule has 0 aliphatic rings. The summed E-state index contributed by atoms with van der Waals surface area (Å²) >= 11 is 0. The molecule has 0 atom stereocenters. The lowest BCUT2D eigenvalue weighted by Gasteiger charge is -2.17. The minimum Gasteiger partial charge on any atom is -0.313 e. The van der Waals surface area contributed by atoms with Crippen molar-refractivity contribution in [3.05, 3.63) is 35.1 Å². The SMILES string of the molecule is CCCCNCc1cc(C(CCC)CCC)ccc1F. The average molecular weight is 279 g/mol. The topological polar surface area (TPSA) is 12.0 Å². The first-order chi connectivity index (χ1) is 9.72. The molecule has 1 aromatic carbocycles. The summed E-state index contributed by atoms with van der Waals surface area (Å²) in [7, 11) is 0. The fourth-order valence-corrected chi connectivity index (χ4v) is 2.68. The Labute approximate surface area is 124 Å². The third-order valence-electron chi connectivity index (χ3n) is 3.84. The molecule has 0 spiro atoms. The molecule has 0 aliphatic heterocycles. The van der Waals surface area contributed by atoms with Crippen LogP contribution in [0.3, 0.4) is 0 Å². The summed E-state index contributed by atoms with van der Waals surface area (Å²) in [4.78, 5) is 0. The molecule has 0 saturated heterocycles. The normalized spacial score (nSPS) is 11.2. The van der Waals surface area contributed by atoms with Crippen molar-refractivity contribution in [3.63, 3.8) is 0 Å². The summed E-state index contributed by atoms with van der Waals surface area (Å²) in [6.45, 7) is 8.22. The molecule has 20 heavy (non-hydrogen) atoms. The molecule has 1 nitrogen and oxygen atoms in total. The summed E-state index contributed by atoms with van der Waals surface area (Å²) in [6, 6.07) is 5.69. The third-order valence-corrected chi connectivity index (χ3v) is 3.84. The molecular weight excluding hydrogens is 249 g/mol. The highest BCUT2D eigenvalue weighted by atomic mass is 19.1. The lowest BCUT2D eigenvalue weighted by atomic mass is 9.89. The summed E-state index contributed by atoms with van der Waals surface area (Å²) in [5.74, 6) is 0.504. The highest BCUT2D eigenvalue weighted by Gasteiger charge is 2.12. The molecule has 0 aromatic heterocycles. The second-order valence-corrected chi connectivity index (χ2v) is 5.66. The maximum absolute atomic E-state index is 13.9. The quantitative estimate of drug-likeness (QED) is 0.565. The lowest BCUT2D eigenvalue weighted by Crippen LogP contribution is -2.15. The van der Waals surface area contributed by atoms with Crippen LogP contribution in [0.15, 0.2) is 18.2 Å². The molecule has 1 aromatic rings. The first-order valence-electron chi connectivity index (χ1n) is 8.21. The van der Waals surface area contributed by atoms with Crippen LogP contribution in [0, 0.1) is 5.82 Å². The molecule has 1 N–H and O–H groups in total. The summed E-state index contributed by atoms with van der Waals surface area (Å²) < 4.78 is 13.9. The first-order valence-corrected chi connectivity index (χ1v) is 8.21. The molecule has 0 amide bonds. The first kappa shape index (κ1) is 17.2. The molecule has 0 aliphatic carbocycles. The van der Waals surface area contributed by atoms with Gasteiger partial charge >= 0.3 is 0 Å². The maximum Gasteiger partial charge on any atom is 0.127 e. The lowest BCUT2D eigenvalue weighted by molar-refractivity contribution is 0.550. The van der Waals surface area contributed by atoms with Crippen molar-refractivity contribution >= 4 is 0 Å². The van der Waals surface area contributed by atoms with E-state index in [1.54, 1.807) is 6.07 Å². The number of unbranched alkanes of at least 4 members (excludes halogenated alkanes) is 1. The monoisotopic (exact) mass is 279 g/mol. The summed E-state index contributed by atoms with van der Waals surface area (Å²) in [5, 5.41) is 3.33. The van der Waals surface area contributed by atoms with Crippen LogP contribution in [-0.4, -0.2) is 6.54 Å². The highest BCUT2D eigenvalue weighted by molar-refractivity contribution is 5.28. The molecule has 0 unspecified atom stereocenters. The van der Waals surface area contributed by atoms with Crippen molar-refractivity contribution in [1.82, 2.24) is 5.32 Å². The van der Waals surface area contributed by atoms with Gasteiger partial charge in [-0.1, -0.05) is 52.2 Å². The van der Waals surface area contributed by atoms with Gasteiger partial charge in [0, 0.05) is 12.1 Å². The molecule has 0 saturated carbocycles. The fraction of sp³-hybridized carbons (Fsp3) is 0.667. The van der Waals surface area contributed by atoms with Crippen molar-refractivity contribution in [2.75, 3.05) is 6.54 Å². The molecular formula is C18H30FN. The minimum atomic E-state index is -0.0792. The number of benzene rings is 1. The van der Waals surface area contributed by atoms with E-state index in [9.17, 15) is 4.39 Å². The molecule has 1 rings (SSSR count). The van der Waals surface area contributed by atoms with Crippen LogP contribution in [0.5, 0.6) is 0 Å². The van der Waals surface area contributed by atoms with Crippen LogP contribution in [0.2, 0.25) is 0 Å². The minimum absolute atomic E-state index is 0.0792. The van der Waals surface area contributed by atoms with E-state index in [0.29, 0.717) is 12.5 Å². The van der Waals surface area contributed by atoms with E-state index in [4.69, 9.17) is 0 Å². The van der Waals surface area contributed by atoms with Crippen LogP contribution in [-0.2, 0) is 6.54 Å². The maximum atomic E-state index is 13.9. The van der Waals surface area contributed by atoms with Gasteiger partial charge in [-0.25, -0.2) is 4.39 Å². The predicted octanol–water partition coefficient (Wildman–Crippen LogP) is 5.40. The zero-order valence-electron chi connectivity index (χ0n) is 13.3. The predicted molar refractivity (Wildman–Crippen MR) is 85.6 cm³/mol. The van der Waals surface area contributed by atoms with E-state index in [-0.39, 0.29) is 5.82 Å². The van der Waals surface area contributed by atoms with Gasteiger partial charge in [-0.2, -0.15) is 0 Å². The van der Waals surface area contributed by atoms with Crippen molar-refractivity contribution in [2.24, 2.45) is 0 Å². The van der Waals surface area contributed by atoms with Crippen LogP contribution in [0.1, 0.15) is 76.3 Å².